The van der Waals surface area contributed by atoms with Gasteiger partial charge in [0.15, 0.2) is 5.82 Å². The van der Waals surface area contributed by atoms with E-state index in [0.29, 0.717) is 10.8 Å². The zero-order valence-electron chi connectivity index (χ0n) is 13.2. The van der Waals surface area contributed by atoms with Gasteiger partial charge in [-0.3, -0.25) is 5.43 Å². The van der Waals surface area contributed by atoms with Crippen LogP contribution in [0.3, 0.4) is 0 Å². The Hall–Kier alpha value is -2.14. The molecule has 6 heteroatoms. The number of benzene rings is 1. The molecule has 0 aliphatic carbocycles. The summed E-state index contributed by atoms with van der Waals surface area (Å²) in [6.07, 6.45) is 1.73. The molecule has 1 heterocycles. The molecule has 0 spiro atoms. The topological polar surface area (TPSA) is 53.4 Å². The number of aromatic nitrogens is 2. The van der Waals surface area contributed by atoms with E-state index in [0.717, 1.165) is 17.2 Å². The third-order valence-electron chi connectivity index (χ3n) is 2.97. The molecule has 0 bridgehead atoms. The maximum atomic E-state index is 5.85. The van der Waals surface area contributed by atoms with Gasteiger partial charge in [-0.2, -0.15) is 5.10 Å². The summed E-state index contributed by atoms with van der Waals surface area (Å²) in [6.45, 7) is 4.13. The van der Waals surface area contributed by atoms with Gasteiger partial charge in [-0.1, -0.05) is 37.6 Å². The van der Waals surface area contributed by atoms with Crippen molar-refractivity contribution in [2.24, 2.45) is 5.10 Å². The number of hydrogen-bond donors (Lipinski definition) is 1. The first-order valence-electron chi connectivity index (χ1n) is 7.06. The molecule has 0 fully saturated rings. The molecule has 1 N–H and O–H groups in total. The fourth-order valence-corrected chi connectivity index (χ4v) is 1.84. The maximum Gasteiger partial charge on any atom is 0.152 e. The zero-order chi connectivity index (χ0) is 16.1. The summed E-state index contributed by atoms with van der Waals surface area (Å²) in [5.74, 6) is 2.56. The molecule has 0 aliphatic rings. The van der Waals surface area contributed by atoms with Crippen molar-refractivity contribution in [3.05, 3.63) is 46.7 Å². The fourth-order valence-electron chi connectivity index (χ4n) is 1.72. The van der Waals surface area contributed by atoms with Crippen molar-refractivity contribution in [3.8, 4) is 0 Å². The van der Waals surface area contributed by atoms with Gasteiger partial charge in [-0.25, -0.2) is 9.97 Å². The number of halogens is 1. The molecule has 0 amide bonds. The summed E-state index contributed by atoms with van der Waals surface area (Å²) in [4.78, 5) is 10.9. The van der Waals surface area contributed by atoms with Crippen LogP contribution in [0.4, 0.5) is 11.6 Å². The second kappa shape index (κ2) is 7.22. The Labute approximate surface area is 136 Å². The van der Waals surface area contributed by atoms with Crippen LogP contribution in [0.5, 0.6) is 0 Å². The molecule has 116 valence electrons. The first-order chi connectivity index (χ1) is 10.5. The van der Waals surface area contributed by atoms with E-state index in [4.69, 9.17) is 11.6 Å². The molecule has 1 aromatic carbocycles. The highest BCUT2D eigenvalue weighted by molar-refractivity contribution is 6.30. The molecule has 0 unspecified atom stereocenters. The Morgan fingerprint density at radius 2 is 1.86 bits per heavy atom. The summed E-state index contributed by atoms with van der Waals surface area (Å²) in [6, 6.07) is 9.32. The van der Waals surface area contributed by atoms with E-state index in [1.165, 1.54) is 0 Å². The van der Waals surface area contributed by atoms with Crippen molar-refractivity contribution >= 4 is 29.5 Å². The van der Waals surface area contributed by atoms with Crippen molar-refractivity contribution < 1.29 is 0 Å². The lowest BCUT2D eigenvalue weighted by atomic mass is 10.2. The van der Waals surface area contributed by atoms with Crippen LogP contribution in [0.2, 0.25) is 5.02 Å². The average molecular weight is 318 g/mol. The number of rotatable bonds is 5. The summed E-state index contributed by atoms with van der Waals surface area (Å²) in [5.41, 5.74) is 3.92. The molecule has 0 radical (unpaired) electrons. The van der Waals surface area contributed by atoms with Crippen LogP contribution in [0.15, 0.2) is 35.4 Å². The maximum absolute atomic E-state index is 5.85. The highest BCUT2D eigenvalue weighted by Crippen LogP contribution is 2.18. The second-order valence-electron chi connectivity index (χ2n) is 5.44. The monoisotopic (exact) mass is 317 g/mol. The molecule has 1 aromatic heterocycles. The average Bonchev–Trinajstić information content (AvgIpc) is 2.49. The van der Waals surface area contributed by atoms with Crippen molar-refractivity contribution in [1.82, 2.24) is 9.97 Å². The lowest BCUT2D eigenvalue weighted by molar-refractivity contribution is 0.771. The number of nitrogens with zero attached hydrogens (tertiary/aromatic N) is 4. The third kappa shape index (κ3) is 4.43. The molecule has 2 rings (SSSR count). The van der Waals surface area contributed by atoms with Gasteiger partial charge in [0.2, 0.25) is 0 Å². The Kier molecular flexibility index (Phi) is 5.33. The standard InChI is InChI=1S/C16H20ClN5/c1-11(2)16-19-14(9-15(20-16)22(3)4)21-18-10-12-5-7-13(17)8-6-12/h5-11H,1-4H3,(H,19,20,21)/b18-10+. The van der Waals surface area contributed by atoms with Crippen LogP contribution in [0, 0.1) is 0 Å². The van der Waals surface area contributed by atoms with E-state index >= 15 is 0 Å². The van der Waals surface area contributed by atoms with Gasteiger partial charge in [0.05, 0.1) is 6.21 Å². The summed E-state index contributed by atoms with van der Waals surface area (Å²) < 4.78 is 0. The number of nitrogens with one attached hydrogen (secondary N) is 1. The molecule has 2 aromatic rings. The highest BCUT2D eigenvalue weighted by Gasteiger charge is 2.08. The van der Waals surface area contributed by atoms with Gasteiger partial charge in [0.1, 0.15) is 11.6 Å². The lowest BCUT2D eigenvalue weighted by Gasteiger charge is -2.15. The highest BCUT2D eigenvalue weighted by atomic mass is 35.5. The van der Waals surface area contributed by atoms with Crippen LogP contribution >= 0.6 is 11.6 Å². The quantitative estimate of drug-likeness (QED) is 0.674. The summed E-state index contributed by atoms with van der Waals surface area (Å²) in [7, 11) is 3.90. The zero-order valence-corrected chi connectivity index (χ0v) is 14.0. The largest absolute Gasteiger partial charge is 0.363 e. The predicted octanol–water partition coefficient (Wildman–Crippen LogP) is 3.77. The van der Waals surface area contributed by atoms with Crippen molar-refractivity contribution in [3.63, 3.8) is 0 Å². The molecular formula is C16H20ClN5. The van der Waals surface area contributed by atoms with Gasteiger partial charge >= 0.3 is 0 Å². The first-order valence-corrected chi connectivity index (χ1v) is 7.44. The minimum absolute atomic E-state index is 0.251. The van der Waals surface area contributed by atoms with Crippen molar-refractivity contribution in [1.29, 1.82) is 0 Å². The van der Waals surface area contributed by atoms with Crippen LogP contribution in [-0.4, -0.2) is 30.3 Å². The Balaban J connectivity index is 2.16. The first kappa shape index (κ1) is 16.2. The summed E-state index contributed by atoms with van der Waals surface area (Å²) >= 11 is 5.85. The number of hydrogen-bond acceptors (Lipinski definition) is 5. The lowest BCUT2D eigenvalue weighted by Crippen LogP contribution is -2.13. The number of anilines is 2. The van der Waals surface area contributed by atoms with E-state index in [2.05, 4.69) is 34.3 Å². The van der Waals surface area contributed by atoms with Gasteiger partial charge in [-0.05, 0) is 17.7 Å². The van der Waals surface area contributed by atoms with Gasteiger partial charge in [-0.15, -0.1) is 0 Å². The smallest absolute Gasteiger partial charge is 0.152 e. The number of hydrazone groups is 1. The van der Waals surface area contributed by atoms with E-state index in [1.807, 2.05) is 49.3 Å². The van der Waals surface area contributed by atoms with Crippen molar-refractivity contribution in [2.75, 3.05) is 24.4 Å². The van der Waals surface area contributed by atoms with E-state index in [1.54, 1.807) is 6.21 Å². The van der Waals surface area contributed by atoms with Crippen LogP contribution in [0.25, 0.3) is 0 Å². The molecule has 0 aliphatic heterocycles. The van der Waals surface area contributed by atoms with Crippen LogP contribution in [-0.2, 0) is 0 Å². The Bertz CT molecular complexity index is 624. The van der Waals surface area contributed by atoms with Crippen LogP contribution in [0.1, 0.15) is 31.2 Å². The minimum atomic E-state index is 0.251. The SMILES string of the molecule is CC(C)c1nc(N/N=C/c2ccc(Cl)cc2)cc(N(C)C)n1. The molecular weight excluding hydrogens is 298 g/mol. The van der Waals surface area contributed by atoms with Crippen LogP contribution < -0.4 is 10.3 Å². The fraction of sp³-hybridized carbons (Fsp3) is 0.312. The summed E-state index contributed by atoms with van der Waals surface area (Å²) in [5, 5.41) is 4.92. The predicted molar refractivity (Wildman–Crippen MR) is 93.1 cm³/mol. The van der Waals surface area contributed by atoms with Crippen molar-refractivity contribution in [2.45, 2.75) is 19.8 Å². The van der Waals surface area contributed by atoms with Gasteiger partial charge in [0, 0.05) is 31.1 Å². The van der Waals surface area contributed by atoms with E-state index in [-0.39, 0.29) is 5.92 Å². The molecule has 0 saturated heterocycles. The van der Waals surface area contributed by atoms with E-state index < -0.39 is 0 Å². The normalized spacial score (nSPS) is 11.2. The van der Waals surface area contributed by atoms with E-state index in [9.17, 15) is 0 Å². The molecule has 22 heavy (non-hydrogen) atoms. The third-order valence-corrected chi connectivity index (χ3v) is 3.22. The molecule has 0 atom stereocenters. The van der Waals surface area contributed by atoms with Gasteiger partial charge in [0.25, 0.3) is 0 Å². The Morgan fingerprint density at radius 1 is 1.18 bits per heavy atom. The second-order valence-corrected chi connectivity index (χ2v) is 5.88. The molecule has 0 saturated carbocycles. The molecule has 5 nitrogen and oxygen atoms in total. The Morgan fingerprint density at radius 3 is 2.45 bits per heavy atom. The minimum Gasteiger partial charge on any atom is -0.363 e. The van der Waals surface area contributed by atoms with Gasteiger partial charge < -0.3 is 4.90 Å².